The molecule has 1 aliphatic rings. The van der Waals surface area contributed by atoms with Crippen molar-refractivity contribution in [2.75, 3.05) is 12.8 Å². The first-order valence-electron chi connectivity index (χ1n) is 4.96. The third kappa shape index (κ3) is 2.08. The van der Waals surface area contributed by atoms with Gasteiger partial charge in [-0.05, 0) is 18.9 Å². The first-order valence-corrected chi connectivity index (χ1v) is 4.96. The Bertz CT molecular complexity index is 429. The highest BCUT2D eigenvalue weighted by Gasteiger charge is 2.27. The minimum Gasteiger partial charge on any atom is -0.487 e. The lowest BCUT2D eigenvalue weighted by Crippen LogP contribution is -2.09. The van der Waals surface area contributed by atoms with Crippen molar-refractivity contribution in [3.63, 3.8) is 0 Å². The summed E-state index contributed by atoms with van der Waals surface area (Å²) in [6.45, 7) is 0. The molecule has 0 unspecified atom stereocenters. The number of hydrogen-bond donors (Lipinski definition) is 1. The Morgan fingerprint density at radius 1 is 1.50 bits per heavy atom. The highest BCUT2D eigenvalue weighted by atomic mass is 19.1. The number of nitrogen functional groups attached to an aromatic ring is 1. The van der Waals surface area contributed by atoms with E-state index < -0.39 is 11.8 Å². The van der Waals surface area contributed by atoms with Crippen molar-refractivity contribution in [3.8, 4) is 5.75 Å². The van der Waals surface area contributed by atoms with E-state index in [2.05, 4.69) is 4.74 Å². The van der Waals surface area contributed by atoms with Gasteiger partial charge in [0.25, 0.3) is 0 Å². The lowest BCUT2D eigenvalue weighted by Gasteiger charge is -2.12. The van der Waals surface area contributed by atoms with E-state index in [0.29, 0.717) is 0 Å². The van der Waals surface area contributed by atoms with E-state index in [1.807, 2.05) is 0 Å². The molecule has 0 aliphatic heterocycles. The second kappa shape index (κ2) is 4.00. The molecule has 0 aromatic heterocycles. The molecule has 2 rings (SSSR count). The molecule has 0 heterocycles. The van der Waals surface area contributed by atoms with E-state index in [1.165, 1.54) is 7.11 Å². The van der Waals surface area contributed by atoms with E-state index in [0.717, 1.165) is 25.0 Å². The maximum Gasteiger partial charge on any atom is 0.341 e. The van der Waals surface area contributed by atoms with Crippen molar-refractivity contribution in [3.05, 3.63) is 23.5 Å². The van der Waals surface area contributed by atoms with Gasteiger partial charge in [-0.15, -0.1) is 0 Å². The zero-order chi connectivity index (χ0) is 11.7. The molecule has 1 aromatic carbocycles. The third-order valence-electron chi connectivity index (χ3n) is 2.30. The Hall–Kier alpha value is -1.78. The monoisotopic (exact) mass is 225 g/mol. The van der Waals surface area contributed by atoms with Gasteiger partial charge >= 0.3 is 5.97 Å². The summed E-state index contributed by atoms with van der Waals surface area (Å²) in [6.07, 6.45) is 1.94. The minimum absolute atomic E-state index is 0.0342. The maximum absolute atomic E-state index is 13.1. The van der Waals surface area contributed by atoms with Crippen molar-refractivity contribution in [2.45, 2.75) is 18.9 Å². The van der Waals surface area contributed by atoms with Gasteiger partial charge in [0, 0.05) is 6.07 Å². The van der Waals surface area contributed by atoms with Gasteiger partial charge in [-0.2, -0.15) is 0 Å². The van der Waals surface area contributed by atoms with Crippen molar-refractivity contribution >= 4 is 11.7 Å². The van der Waals surface area contributed by atoms with Crippen molar-refractivity contribution < 1.29 is 18.7 Å². The molecule has 1 aromatic rings. The molecular weight excluding hydrogens is 213 g/mol. The van der Waals surface area contributed by atoms with Crippen LogP contribution in [0, 0.1) is 5.82 Å². The van der Waals surface area contributed by atoms with Gasteiger partial charge < -0.3 is 15.2 Å². The van der Waals surface area contributed by atoms with Gasteiger partial charge in [0.15, 0.2) is 5.75 Å². The summed E-state index contributed by atoms with van der Waals surface area (Å²) in [4.78, 5) is 11.4. The molecule has 0 atom stereocenters. The SMILES string of the molecule is COC(=O)c1cc(F)cc(N)c1OC1CC1. The van der Waals surface area contributed by atoms with Gasteiger partial charge in [-0.1, -0.05) is 0 Å². The van der Waals surface area contributed by atoms with Gasteiger partial charge in [0.1, 0.15) is 11.4 Å². The van der Waals surface area contributed by atoms with Crippen molar-refractivity contribution in [2.24, 2.45) is 0 Å². The van der Waals surface area contributed by atoms with Crippen LogP contribution in [0.15, 0.2) is 12.1 Å². The zero-order valence-electron chi connectivity index (χ0n) is 8.83. The molecule has 86 valence electrons. The fourth-order valence-electron chi connectivity index (χ4n) is 1.36. The van der Waals surface area contributed by atoms with Crippen molar-refractivity contribution in [1.82, 2.24) is 0 Å². The van der Waals surface area contributed by atoms with E-state index in [1.54, 1.807) is 0 Å². The predicted octanol–water partition coefficient (Wildman–Crippen LogP) is 1.74. The lowest BCUT2D eigenvalue weighted by atomic mass is 10.1. The highest BCUT2D eigenvalue weighted by molar-refractivity contribution is 5.94. The summed E-state index contributed by atoms with van der Waals surface area (Å²) in [5.74, 6) is -1.02. The Labute approximate surface area is 92.1 Å². The van der Waals surface area contributed by atoms with E-state index in [9.17, 15) is 9.18 Å². The van der Waals surface area contributed by atoms with Gasteiger partial charge in [-0.25, -0.2) is 9.18 Å². The molecule has 16 heavy (non-hydrogen) atoms. The smallest absolute Gasteiger partial charge is 0.341 e. The number of benzene rings is 1. The van der Waals surface area contributed by atoms with Crippen LogP contribution in [-0.4, -0.2) is 19.2 Å². The molecular formula is C11H12FNO3. The van der Waals surface area contributed by atoms with Crippen LogP contribution in [0.4, 0.5) is 10.1 Å². The third-order valence-corrected chi connectivity index (χ3v) is 2.30. The number of nitrogens with two attached hydrogens (primary N) is 1. The number of carbonyl (C=O) groups is 1. The quantitative estimate of drug-likeness (QED) is 0.628. The summed E-state index contributed by atoms with van der Waals surface area (Å²) < 4.78 is 23.1. The Balaban J connectivity index is 2.40. The molecule has 0 amide bonds. The summed E-state index contributed by atoms with van der Waals surface area (Å²) in [5.41, 5.74) is 5.77. The molecule has 1 saturated carbocycles. The molecule has 1 aliphatic carbocycles. The van der Waals surface area contributed by atoms with E-state index in [4.69, 9.17) is 10.5 Å². The van der Waals surface area contributed by atoms with Crippen LogP contribution in [0.3, 0.4) is 0 Å². The number of esters is 1. The Morgan fingerprint density at radius 3 is 2.75 bits per heavy atom. The number of anilines is 1. The molecule has 1 fully saturated rings. The molecule has 5 heteroatoms. The number of carbonyl (C=O) groups excluding carboxylic acids is 1. The number of methoxy groups -OCH3 is 1. The van der Waals surface area contributed by atoms with Crippen LogP contribution in [0.2, 0.25) is 0 Å². The summed E-state index contributed by atoms with van der Waals surface area (Å²) in [7, 11) is 1.23. The minimum atomic E-state index is -0.651. The summed E-state index contributed by atoms with van der Waals surface area (Å²) in [6, 6.07) is 2.20. The van der Waals surface area contributed by atoms with Crippen LogP contribution in [0.25, 0.3) is 0 Å². The van der Waals surface area contributed by atoms with E-state index >= 15 is 0 Å². The first kappa shape index (κ1) is 10.7. The summed E-state index contributed by atoms with van der Waals surface area (Å²) in [5, 5.41) is 0. The van der Waals surface area contributed by atoms with Gasteiger partial charge in [0.2, 0.25) is 0 Å². The van der Waals surface area contributed by atoms with Gasteiger partial charge in [0.05, 0.1) is 18.9 Å². The molecule has 4 nitrogen and oxygen atoms in total. The van der Waals surface area contributed by atoms with Crippen molar-refractivity contribution in [1.29, 1.82) is 0 Å². The zero-order valence-corrected chi connectivity index (χ0v) is 8.83. The van der Waals surface area contributed by atoms with Crippen LogP contribution in [-0.2, 0) is 4.74 Å². The number of halogens is 1. The fraction of sp³-hybridized carbons (Fsp3) is 0.364. The molecule has 0 spiro atoms. The Morgan fingerprint density at radius 2 is 2.19 bits per heavy atom. The second-order valence-corrected chi connectivity index (χ2v) is 3.68. The van der Waals surface area contributed by atoms with E-state index in [-0.39, 0.29) is 23.1 Å². The Kier molecular flexibility index (Phi) is 2.68. The topological polar surface area (TPSA) is 61.5 Å². The number of hydrogen-bond acceptors (Lipinski definition) is 4. The fourth-order valence-corrected chi connectivity index (χ4v) is 1.36. The average Bonchev–Trinajstić information content (AvgIpc) is 3.04. The number of ether oxygens (including phenoxy) is 2. The molecule has 2 N–H and O–H groups in total. The molecule has 0 radical (unpaired) electrons. The second-order valence-electron chi connectivity index (χ2n) is 3.68. The first-order chi connectivity index (χ1) is 7.61. The normalized spacial score (nSPS) is 14.6. The average molecular weight is 225 g/mol. The van der Waals surface area contributed by atoms with Gasteiger partial charge in [-0.3, -0.25) is 0 Å². The largest absolute Gasteiger partial charge is 0.487 e. The predicted molar refractivity (Wildman–Crippen MR) is 55.8 cm³/mol. The van der Waals surface area contributed by atoms with Crippen LogP contribution < -0.4 is 10.5 Å². The van der Waals surface area contributed by atoms with Crippen LogP contribution in [0.5, 0.6) is 5.75 Å². The molecule has 0 saturated heterocycles. The van der Waals surface area contributed by atoms with Crippen LogP contribution >= 0.6 is 0 Å². The number of rotatable bonds is 3. The van der Waals surface area contributed by atoms with Crippen LogP contribution in [0.1, 0.15) is 23.2 Å². The standard InChI is InChI=1S/C11H12FNO3/c1-15-11(14)8-4-6(12)5-9(13)10(8)16-7-2-3-7/h4-5,7H,2-3,13H2,1H3. The summed E-state index contributed by atoms with van der Waals surface area (Å²) >= 11 is 0. The lowest BCUT2D eigenvalue weighted by molar-refractivity contribution is 0.0595. The molecule has 0 bridgehead atoms. The highest BCUT2D eigenvalue weighted by Crippen LogP contribution is 2.34. The maximum atomic E-state index is 13.1.